The van der Waals surface area contributed by atoms with E-state index in [9.17, 15) is 9.59 Å². The molecule has 2 aromatic carbocycles. The summed E-state index contributed by atoms with van der Waals surface area (Å²) in [6.45, 7) is 1.73. The fourth-order valence-corrected chi connectivity index (χ4v) is 2.51. The van der Waals surface area contributed by atoms with Crippen molar-refractivity contribution < 1.29 is 14.3 Å². The van der Waals surface area contributed by atoms with Crippen LogP contribution in [0.25, 0.3) is 0 Å². The van der Waals surface area contributed by atoms with Gasteiger partial charge in [-0.2, -0.15) is 0 Å². The Bertz CT molecular complexity index is 776. The van der Waals surface area contributed by atoms with Crippen LogP contribution in [0.1, 0.15) is 5.56 Å². The van der Waals surface area contributed by atoms with E-state index in [1.807, 2.05) is 13.0 Å². The highest BCUT2D eigenvalue weighted by molar-refractivity contribution is 6.31. The summed E-state index contributed by atoms with van der Waals surface area (Å²) in [5.41, 5.74) is 2.12. The van der Waals surface area contributed by atoms with Crippen LogP contribution in [0.4, 0.5) is 11.4 Å². The number of para-hydroxylation sites is 2. The third-order valence-corrected chi connectivity index (χ3v) is 3.98. The zero-order valence-electron chi connectivity index (χ0n) is 12.5. The Labute approximate surface area is 138 Å². The Balaban J connectivity index is 1.75. The van der Waals surface area contributed by atoms with Crippen LogP contribution < -0.4 is 15.0 Å². The number of hydrogen-bond donors (Lipinski definition) is 1. The molecule has 0 atom stereocenters. The fourth-order valence-electron chi connectivity index (χ4n) is 2.39. The zero-order chi connectivity index (χ0) is 16.4. The topological polar surface area (TPSA) is 58.6 Å². The molecule has 6 heteroatoms. The van der Waals surface area contributed by atoms with Crippen molar-refractivity contribution in [3.05, 3.63) is 53.1 Å². The number of aryl methyl sites for hydroxylation is 1. The van der Waals surface area contributed by atoms with Gasteiger partial charge in [0.25, 0.3) is 5.91 Å². The van der Waals surface area contributed by atoms with Crippen LogP contribution in [0.3, 0.4) is 0 Å². The number of benzene rings is 2. The second-order valence-electron chi connectivity index (χ2n) is 5.25. The molecule has 0 saturated heterocycles. The van der Waals surface area contributed by atoms with Gasteiger partial charge in [-0.3, -0.25) is 14.5 Å². The third kappa shape index (κ3) is 3.29. The average molecular weight is 331 g/mol. The Hall–Kier alpha value is -2.53. The minimum atomic E-state index is -0.281. The molecule has 0 aliphatic carbocycles. The van der Waals surface area contributed by atoms with Gasteiger partial charge in [0.2, 0.25) is 5.91 Å². The monoisotopic (exact) mass is 330 g/mol. The van der Waals surface area contributed by atoms with Crippen LogP contribution in [0, 0.1) is 6.92 Å². The number of nitrogens with zero attached hydrogens (tertiary/aromatic N) is 1. The fraction of sp³-hybridized carbons (Fsp3) is 0.176. The normalized spacial score (nSPS) is 13.3. The van der Waals surface area contributed by atoms with Crippen molar-refractivity contribution in [2.45, 2.75) is 6.92 Å². The van der Waals surface area contributed by atoms with E-state index in [0.29, 0.717) is 22.1 Å². The van der Waals surface area contributed by atoms with Gasteiger partial charge in [0.05, 0.1) is 5.69 Å². The molecule has 23 heavy (non-hydrogen) atoms. The summed E-state index contributed by atoms with van der Waals surface area (Å²) >= 11 is 5.97. The number of amides is 2. The van der Waals surface area contributed by atoms with Crippen molar-refractivity contribution in [3.63, 3.8) is 0 Å². The summed E-state index contributed by atoms with van der Waals surface area (Å²) in [4.78, 5) is 25.7. The van der Waals surface area contributed by atoms with Crippen LogP contribution in [0.2, 0.25) is 5.02 Å². The molecular weight excluding hydrogens is 316 g/mol. The van der Waals surface area contributed by atoms with E-state index in [4.69, 9.17) is 16.3 Å². The molecule has 1 N–H and O–H groups in total. The smallest absolute Gasteiger partial charge is 0.265 e. The van der Waals surface area contributed by atoms with Gasteiger partial charge < -0.3 is 10.1 Å². The molecule has 0 bridgehead atoms. The van der Waals surface area contributed by atoms with Crippen LogP contribution in [0.5, 0.6) is 5.75 Å². The maximum atomic E-state index is 12.3. The van der Waals surface area contributed by atoms with Crippen LogP contribution in [-0.2, 0) is 9.59 Å². The van der Waals surface area contributed by atoms with Gasteiger partial charge in [-0.25, -0.2) is 0 Å². The first-order valence-corrected chi connectivity index (χ1v) is 7.50. The summed E-state index contributed by atoms with van der Waals surface area (Å²) in [5, 5.41) is 3.42. The molecule has 5 nitrogen and oxygen atoms in total. The number of halogens is 1. The number of anilines is 2. The molecule has 2 aromatic rings. The lowest BCUT2D eigenvalue weighted by molar-refractivity contribution is -0.123. The molecule has 0 saturated carbocycles. The summed E-state index contributed by atoms with van der Waals surface area (Å²) in [7, 11) is 0. The molecule has 1 aliphatic heterocycles. The molecule has 0 spiro atoms. The van der Waals surface area contributed by atoms with Crippen molar-refractivity contribution in [2.24, 2.45) is 0 Å². The van der Waals surface area contributed by atoms with E-state index in [-0.39, 0.29) is 25.0 Å². The first kappa shape index (κ1) is 15.4. The minimum absolute atomic E-state index is 0.0651. The van der Waals surface area contributed by atoms with Gasteiger partial charge in [-0.15, -0.1) is 0 Å². The van der Waals surface area contributed by atoms with Gasteiger partial charge >= 0.3 is 0 Å². The van der Waals surface area contributed by atoms with E-state index in [1.165, 1.54) is 4.90 Å². The Morgan fingerprint density at radius 3 is 2.87 bits per heavy atom. The molecular formula is C17H15ClN2O3. The number of hydrogen-bond acceptors (Lipinski definition) is 3. The summed E-state index contributed by atoms with van der Waals surface area (Å²) in [6.07, 6.45) is 0. The molecule has 0 radical (unpaired) electrons. The summed E-state index contributed by atoms with van der Waals surface area (Å²) in [5.74, 6) is 0.0742. The molecule has 1 heterocycles. The van der Waals surface area contributed by atoms with Crippen molar-refractivity contribution in [1.29, 1.82) is 0 Å². The van der Waals surface area contributed by atoms with Gasteiger partial charge in [-0.05, 0) is 42.8 Å². The molecule has 118 valence electrons. The molecule has 0 unspecified atom stereocenters. The Kier molecular flexibility index (Phi) is 4.21. The zero-order valence-corrected chi connectivity index (χ0v) is 13.3. The lowest BCUT2D eigenvalue weighted by atomic mass is 10.2. The van der Waals surface area contributed by atoms with Crippen LogP contribution in [0.15, 0.2) is 42.5 Å². The number of fused-ring (bicyclic) bond motifs is 1. The number of nitrogens with one attached hydrogen (secondary N) is 1. The molecule has 3 rings (SSSR count). The van der Waals surface area contributed by atoms with Crippen molar-refractivity contribution in [2.75, 3.05) is 23.4 Å². The standard InChI is InChI=1S/C17H15ClN2O3/c1-11-8-12(6-7-13(11)18)19-16(21)9-20-14-4-2-3-5-15(14)23-10-17(20)22/h2-8H,9-10H2,1H3,(H,19,21). The molecule has 1 aliphatic rings. The van der Waals surface area contributed by atoms with Crippen LogP contribution in [-0.4, -0.2) is 25.0 Å². The largest absolute Gasteiger partial charge is 0.482 e. The maximum Gasteiger partial charge on any atom is 0.265 e. The third-order valence-electron chi connectivity index (χ3n) is 3.55. The molecule has 0 aromatic heterocycles. The van der Waals surface area contributed by atoms with Gasteiger partial charge in [0.15, 0.2) is 6.61 Å². The maximum absolute atomic E-state index is 12.3. The second-order valence-corrected chi connectivity index (χ2v) is 5.66. The lowest BCUT2D eigenvalue weighted by Gasteiger charge is -2.28. The molecule has 2 amide bonds. The highest BCUT2D eigenvalue weighted by Gasteiger charge is 2.26. The quantitative estimate of drug-likeness (QED) is 0.941. The number of carbonyl (C=O) groups is 2. The van der Waals surface area contributed by atoms with Crippen LogP contribution >= 0.6 is 11.6 Å². The van der Waals surface area contributed by atoms with E-state index < -0.39 is 0 Å². The van der Waals surface area contributed by atoms with Gasteiger partial charge in [0, 0.05) is 10.7 Å². The second kappa shape index (κ2) is 6.30. The van der Waals surface area contributed by atoms with E-state index in [1.54, 1.807) is 36.4 Å². The predicted octanol–water partition coefficient (Wildman–Crippen LogP) is 3.01. The highest BCUT2D eigenvalue weighted by atomic mass is 35.5. The first-order chi connectivity index (χ1) is 11.0. The summed E-state index contributed by atoms with van der Waals surface area (Å²) in [6, 6.07) is 12.4. The van der Waals surface area contributed by atoms with Crippen molar-refractivity contribution in [3.8, 4) is 5.75 Å². The predicted molar refractivity (Wildman–Crippen MR) is 89.1 cm³/mol. The number of carbonyl (C=O) groups excluding carboxylic acids is 2. The van der Waals surface area contributed by atoms with E-state index in [2.05, 4.69) is 5.32 Å². The van der Waals surface area contributed by atoms with Crippen molar-refractivity contribution in [1.82, 2.24) is 0 Å². The van der Waals surface area contributed by atoms with E-state index in [0.717, 1.165) is 5.56 Å². The Morgan fingerprint density at radius 2 is 2.09 bits per heavy atom. The highest BCUT2D eigenvalue weighted by Crippen LogP contribution is 2.31. The first-order valence-electron chi connectivity index (χ1n) is 7.13. The number of ether oxygens (including phenoxy) is 1. The lowest BCUT2D eigenvalue weighted by Crippen LogP contribution is -2.43. The number of rotatable bonds is 3. The molecule has 0 fully saturated rings. The summed E-state index contributed by atoms with van der Waals surface area (Å²) < 4.78 is 5.36. The van der Waals surface area contributed by atoms with Gasteiger partial charge in [0.1, 0.15) is 12.3 Å². The average Bonchev–Trinajstić information content (AvgIpc) is 2.54. The minimum Gasteiger partial charge on any atom is -0.482 e. The SMILES string of the molecule is Cc1cc(NC(=O)CN2C(=O)COc3ccccc32)ccc1Cl. The van der Waals surface area contributed by atoms with E-state index >= 15 is 0 Å². The van der Waals surface area contributed by atoms with Gasteiger partial charge in [-0.1, -0.05) is 23.7 Å². The van der Waals surface area contributed by atoms with Crippen molar-refractivity contribution >= 4 is 34.8 Å². The Morgan fingerprint density at radius 1 is 1.30 bits per heavy atom.